The number of rotatable bonds is 3. The maximum absolute atomic E-state index is 13.3. The number of benzene rings is 1. The quantitative estimate of drug-likeness (QED) is 0.837. The Labute approximate surface area is 94.7 Å². The van der Waals surface area contributed by atoms with E-state index in [0.29, 0.717) is 12.1 Å². The molecule has 84 valence electrons. The van der Waals surface area contributed by atoms with Crippen LogP contribution in [0.3, 0.4) is 0 Å². The number of aryl methyl sites for hydroxylation is 2. The van der Waals surface area contributed by atoms with Gasteiger partial charge in [0, 0.05) is 24.6 Å². The van der Waals surface area contributed by atoms with Gasteiger partial charge in [-0.15, -0.1) is 0 Å². The van der Waals surface area contributed by atoms with Gasteiger partial charge in [-0.1, -0.05) is 6.07 Å². The van der Waals surface area contributed by atoms with Crippen molar-refractivity contribution in [1.29, 1.82) is 0 Å². The molecule has 16 heavy (non-hydrogen) atoms. The van der Waals surface area contributed by atoms with E-state index in [1.54, 1.807) is 13.0 Å². The van der Waals surface area contributed by atoms with Crippen molar-refractivity contribution in [3.05, 3.63) is 53.6 Å². The molecule has 1 aromatic heterocycles. The standard InChI is InChI=1S/C13H15FN2/c1-10-5-6-11(8-13(10)14)15-9-12-4-3-7-16(12)2/h3-8,15H,9H2,1-2H3. The summed E-state index contributed by atoms with van der Waals surface area (Å²) in [5.74, 6) is -0.170. The van der Waals surface area contributed by atoms with Crippen LogP contribution >= 0.6 is 0 Å². The van der Waals surface area contributed by atoms with Crippen molar-refractivity contribution in [2.75, 3.05) is 5.32 Å². The first kappa shape index (κ1) is 10.7. The summed E-state index contributed by atoms with van der Waals surface area (Å²) in [5, 5.41) is 3.20. The Morgan fingerprint density at radius 2 is 2.12 bits per heavy atom. The van der Waals surface area contributed by atoms with Gasteiger partial charge in [0.05, 0.1) is 6.54 Å². The van der Waals surface area contributed by atoms with Crippen LogP contribution in [0, 0.1) is 12.7 Å². The fraction of sp³-hybridized carbons (Fsp3) is 0.231. The van der Waals surface area contributed by atoms with Crippen molar-refractivity contribution < 1.29 is 4.39 Å². The van der Waals surface area contributed by atoms with E-state index in [1.807, 2.05) is 36.0 Å². The van der Waals surface area contributed by atoms with Crippen molar-refractivity contribution in [2.45, 2.75) is 13.5 Å². The largest absolute Gasteiger partial charge is 0.379 e. The van der Waals surface area contributed by atoms with Crippen LogP contribution in [0.25, 0.3) is 0 Å². The Hall–Kier alpha value is -1.77. The third kappa shape index (κ3) is 2.24. The minimum atomic E-state index is -0.170. The number of hydrogen-bond acceptors (Lipinski definition) is 1. The molecule has 0 bridgehead atoms. The Morgan fingerprint density at radius 3 is 2.75 bits per heavy atom. The highest BCUT2D eigenvalue weighted by atomic mass is 19.1. The van der Waals surface area contributed by atoms with Gasteiger partial charge in [0.15, 0.2) is 0 Å². The molecular formula is C13H15FN2. The molecule has 3 heteroatoms. The Bertz CT molecular complexity index is 488. The molecular weight excluding hydrogens is 203 g/mol. The van der Waals surface area contributed by atoms with Crippen LogP contribution in [0.5, 0.6) is 0 Å². The van der Waals surface area contributed by atoms with E-state index in [9.17, 15) is 4.39 Å². The van der Waals surface area contributed by atoms with Crippen molar-refractivity contribution in [2.24, 2.45) is 7.05 Å². The molecule has 0 aliphatic heterocycles. The van der Waals surface area contributed by atoms with Crippen molar-refractivity contribution in [3.63, 3.8) is 0 Å². The molecule has 0 saturated carbocycles. The van der Waals surface area contributed by atoms with Crippen molar-refractivity contribution in [3.8, 4) is 0 Å². The highest BCUT2D eigenvalue weighted by molar-refractivity contribution is 5.45. The SMILES string of the molecule is Cc1ccc(NCc2cccn2C)cc1F. The third-order valence-corrected chi connectivity index (χ3v) is 2.70. The maximum Gasteiger partial charge on any atom is 0.128 e. The molecule has 0 spiro atoms. The first-order chi connectivity index (χ1) is 7.66. The van der Waals surface area contributed by atoms with Crippen LogP contribution in [-0.4, -0.2) is 4.57 Å². The summed E-state index contributed by atoms with van der Waals surface area (Å²) < 4.78 is 15.3. The zero-order chi connectivity index (χ0) is 11.5. The Kier molecular flexibility index (Phi) is 2.95. The number of nitrogens with zero attached hydrogens (tertiary/aromatic N) is 1. The van der Waals surface area contributed by atoms with E-state index in [0.717, 1.165) is 5.69 Å². The van der Waals surface area contributed by atoms with Crippen molar-refractivity contribution in [1.82, 2.24) is 4.57 Å². The summed E-state index contributed by atoms with van der Waals surface area (Å²) in [6.07, 6.45) is 1.99. The average molecular weight is 218 g/mol. The van der Waals surface area contributed by atoms with E-state index in [4.69, 9.17) is 0 Å². The van der Waals surface area contributed by atoms with Crippen LogP contribution in [0.4, 0.5) is 10.1 Å². The van der Waals surface area contributed by atoms with Crippen LogP contribution in [-0.2, 0) is 13.6 Å². The van der Waals surface area contributed by atoms with Gasteiger partial charge >= 0.3 is 0 Å². The lowest BCUT2D eigenvalue weighted by molar-refractivity contribution is 0.619. The summed E-state index contributed by atoms with van der Waals surface area (Å²) >= 11 is 0. The second-order valence-electron chi connectivity index (χ2n) is 3.93. The molecule has 2 rings (SSSR count). The molecule has 2 aromatic rings. The van der Waals surface area contributed by atoms with Crippen LogP contribution < -0.4 is 5.32 Å². The molecule has 0 unspecified atom stereocenters. The van der Waals surface area contributed by atoms with E-state index >= 15 is 0 Å². The lowest BCUT2D eigenvalue weighted by atomic mass is 10.2. The molecule has 0 saturated heterocycles. The second kappa shape index (κ2) is 4.39. The molecule has 0 fully saturated rings. The molecule has 1 aromatic carbocycles. The lowest BCUT2D eigenvalue weighted by Crippen LogP contribution is -2.04. The minimum absolute atomic E-state index is 0.170. The Morgan fingerprint density at radius 1 is 1.31 bits per heavy atom. The minimum Gasteiger partial charge on any atom is -0.379 e. The van der Waals surface area contributed by atoms with Gasteiger partial charge in [0.25, 0.3) is 0 Å². The molecule has 0 amide bonds. The van der Waals surface area contributed by atoms with Gasteiger partial charge in [0.1, 0.15) is 5.82 Å². The molecule has 1 heterocycles. The molecule has 2 nitrogen and oxygen atoms in total. The van der Waals surface area contributed by atoms with Crippen LogP contribution in [0.15, 0.2) is 36.5 Å². The van der Waals surface area contributed by atoms with Crippen LogP contribution in [0.1, 0.15) is 11.3 Å². The van der Waals surface area contributed by atoms with E-state index in [2.05, 4.69) is 5.32 Å². The summed E-state index contributed by atoms with van der Waals surface area (Å²) in [6.45, 7) is 2.46. The molecule has 1 N–H and O–H groups in total. The number of aromatic nitrogens is 1. The summed E-state index contributed by atoms with van der Waals surface area (Å²) in [5.41, 5.74) is 2.65. The van der Waals surface area contributed by atoms with Gasteiger partial charge in [0.2, 0.25) is 0 Å². The monoisotopic (exact) mass is 218 g/mol. The van der Waals surface area contributed by atoms with E-state index in [-0.39, 0.29) is 5.82 Å². The predicted molar refractivity (Wildman–Crippen MR) is 63.9 cm³/mol. The molecule has 0 aliphatic carbocycles. The normalized spacial score (nSPS) is 10.4. The average Bonchev–Trinajstić information content (AvgIpc) is 2.66. The zero-order valence-electron chi connectivity index (χ0n) is 9.50. The number of halogens is 1. The van der Waals surface area contributed by atoms with E-state index < -0.39 is 0 Å². The van der Waals surface area contributed by atoms with Gasteiger partial charge in [-0.25, -0.2) is 4.39 Å². The van der Waals surface area contributed by atoms with Gasteiger partial charge < -0.3 is 9.88 Å². The molecule has 0 atom stereocenters. The number of hydrogen-bond donors (Lipinski definition) is 1. The first-order valence-corrected chi connectivity index (χ1v) is 5.27. The fourth-order valence-corrected chi connectivity index (χ4v) is 1.58. The lowest BCUT2D eigenvalue weighted by Gasteiger charge is -2.08. The smallest absolute Gasteiger partial charge is 0.128 e. The fourth-order valence-electron chi connectivity index (χ4n) is 1.58. The highest BCUT2D eigenvalue weighted by Crippen LogP contribution is 2.14. The maximum atomic E-state index is 13.3. The second-order valence-corrected chi connectivity index (χ2v) is 3.93. The number of anilines is 1. The van der Waals surface area contributed by atoms with Crippen molar-refractivity contribution >= 4 is 5.69 Å². The zero-order valence-corrected chi connectivity index (χ0v) is 9.50. The summed E-state index contributed by atoms with van der Waals surface area (Å²) in [7, 11) is 1.99. The van der Waals surface area contributed by atoms with E-state index in [1.165, 1.54) is 11.8 Å². The van der Waals surface area contributed by atoms with Crippen LogP contribution in [0.2, 0.25) is 0 Å². The molecule has 0 radical (unpaired) electrons. The summed E-state index contributed by atoms with van der Waals surface area (Å²) in [6, 6.07) is 9.23. The van der Waals surface area contributed by atoms with Gasteiger partial charge in [-0.05, 0) is 36.8 Å². The first-order valence-electron chi connectivity index (χ1n) is 5.27. The predicted octanol–water partition coefficient (Wildman–Crippen LogP) is 3.08. The summed E-state index contributed by atoms with van der Waals surface area (Å²) in [4.78, 5) is 0. The molecule has 0 aliphatic rings. The number of nitrogens with one attached hydrogen (secondary N) is 1. The highest BCUT2D eigenvalue weighted by Gasteiger charge is 2.00. The Balaban J connectivity index is 2.05. The third-order valence-electron chi connectivity index (χ3n) is 2.70. The van der Waals surface area contributed by atoms with Gasteiger partial charge in [-0.3, -0.25) is 0 Å². The van der Waals surface area contributed by atoms with Gasteiger partial charge in [-0.2, -0.15) is 0 Å². The topological polar surface area (TPSA) is 17.0 Å².